The van der Waals surface area contributed by atoms with Crippen molar-refractivity contribution in [2.75, 3.05) is 0 Å². The van der Waals surface area contributed by atoms with Crippen molar-refractivity contribution in [1.82, 2.24) is 0 Å². The summed E-state index contributed by atoms with van der Waals surface area (Å²) in [5.74, 6) is -1.11. The van der Waals surface area contributed by atoms with Crippen LogP contribution in [-0.2, 0) is 26.7 Å². The maximum Gasteiger partial charge on any atom is 0.167 e. The maximum atomic E-state index is 11.2. The molecule has 0 amide bonds. The Labute approximate surface area is 105 Å². The van der Waals surface area contributed by atoms with Crippen LogP contribution in [-0.4, -0.2) is 16.7 Å². The molecule has 89 valence electrons. The second-order valence-electron chi connectivity index (χ2n) is 3.20. The Bertz CT molecular complexity index is 405. The fourth-order valence-electron chi connectivity index (χ4n) is 1.32. The van der Waals surface area contributed by atoms with Crippen molar-refractivity contribution < 1.29 is 31.8 Å². The van der Waals surface area contributed by atoms with E-state index < -0.39 is 11.6 Å². The van der Waals surface area contributed by atoms with E-state index in [0.717, 1.165) is 0 Å². The molecule has 0 atom stereocenters. The van der Waals surface area contributed by atoms with Gasteiger partial charge in [-0.1, -0.05) is 30.3 Å². The van der Waals surface area contributed by atoms with Crippen molar-refractivity contribution >= 4 is 17.3 Å². The summed E-state index contributed by atoms with van der Waals surface area (Å²) < 4.78 is 0. The van der Waals surface area contributed by atoms with Crippen molar-refractivity contribution in [1.29, 1.82) is 0 Å². The number of carbonyl (C=O) groups excluding carboxylic acids is 2. The molecular formula is C12H12CuO3. The van der Waals surface area contributed by atoms with Gasteiger partial charge in [0.05, 0.1) is 0 Å². The third kappa shape index (κ3) is 3.33. The molecule has 0 aliphatic heterocycles. The third-order valence-electron chi connectivity index (χ3n) is 1.99. The van der Waals surface area contributed by atoms with E-state index in [4.69, 9.17) is 0 Å². The molecule has 0 bridgehead atoms. The number of benzene rings is 1. The Kier molecular flexibility index (Phi) is 5.72. The quantitative estimate of drug-likeness (QED) is 0.300. The Balaban J connectivity index is 0.00000225. The number of Topliss-reactive ketones (excluding diaryl/α,β-unsaturated/α-hetero) is 2. The summed E-state index contributed by atoms with van der Waals surface area (Å²) >= 11 is 0. The molecule has 0 saturated heterocycles. The molecule has 0 heterocycles. The van der Waals surface area contributed by atoms with Crippen LogP contribution < -0.4 is 0 Å². The van der Waals surface area contributed by atoms with Gasteiger partial charge in [-0.05, 0) is 13.8 Å². The Morgan fingerprint density at radius 3 is 1.81 bits per heavy atom. The largest absolute Gasteiger partial charge is 0.506 e. The minimum Gasteiger partial charge on any atom is -0.506 e. The molecular weight excluding hydrogens is 256 g/mol. The van der Waals surface area contributed by atoms with Gasteiger partial charge in [-0.2, -0.15) is 0 Å². The third-order valence-corrected chi connectivity index (χ3v) is 1.99. The molecule has 0 spiro atoms. The van der Waals surface area contributed by atoms with Gasteiger partial charge >= 0.3 is 0 Å². The van der Waals surface area contributed by atoms with Crippen LogP contribution in [0.25, 0.3) is 5.76 Å². The van der Waals surface area contributed by atoms with Crippen LogP contribution >= 0.6 is 0 Å². The van der Waals surface area contributed by atoms with Gasteiger partial charge in [0, 0.05) is 22.6 Å². The van der Waals surface area contributed by atoms with Crippen LogP contribution in [0.15, 0.2) is 35.9 Å². The number of aliphatic hydroxyl groups is 1. The Morgan fingerprint density at radius 1 is 1.00 bits per heavy atom. The van der Waals surface area contributed by atoms with Gasteiger partial charge in [0.15, 0.2) is 11.6 Å². The molecule has 0 aromatic heterocycles. The van der Waals surface area contributed by atoms with E-state index in [1.54, 1.807) is 30.3 Å². The number of carbonyl (C=O) groups is 2. The van der Waals surface area contributed by atoms with Crippen LogP contribution in [0.2, 0.25) is 0 Å². The summed E-state index contributed by atoms with van der Waals surface area (Å²) in [6.07, 6.45) is 0. The number of allylic oxidation sites excluding steroid dienone is 1. The maximum absolute atomic E-state index is 11.2. The van der Waals surface area contributed by atoms with Crippen molar-refractivity contribution in [3.63, 3.8) is 0 Å². The average Bonchev–Trinajstić information content (AvgIpc) is 2.18. The first kappa shape index (κ1) is 14.6. The van der Waals surface area contributed by atoms with Crippen LogP contribution in [0.4, 0.5) is 0 Å². The zero-order valence-electron chi connectivity index (χ0n) is 8.95. The van der Waals surface area contributed by atoms with Gasteiger partial charge in [-0.25, -0.2) is 0 Å². The number of ketones is 2. The summed E-state index contributed by atoms with van der Waals surface area (Å²) in [7, 11) is 0. The van der Waals surface area contributed by atoms with E-state index in [-0.39, 0.29) is 28.4 Å². The molecule has 0 fully saturated rings. The van der Waals surface area contributed by atoms with Crippen molar-refractivity contribution in [3.8, 4) is 0 Å². The summed E-state index contributed by atoms with van der Waals surface area (Å²) in [5.41, 5.74) is 0.319. The van der Waals surface area contributed by atoms with Gasteiger partial charge in [-0.15, -0.1) is 0 Å². The molecule has 1 aromatic carbocycles. The summed E-state index contributed by atoms with van der Waals surface area (Å²) in [6, 6.07) is 8.52. The Morgan fingerprint density at radius 2 is 1.44 bits per heavy atom. The fourth-order valence-corrected chi connectivity index (χ4v) is 1.32. The van der Waals surface area contributed by atoms with Gasteiger partial charge in [0.1, 0.15) is 11.3 Å². The molecule has 0 aliphatic carbocycles. The van der Waals surface area contributed by atoms with Crippen LogP contribution in [0.3, 0.4) is 0 Å². The van der Waals surface area contributed by atoms with E-state index >= 15 is 0 Å². The van der Waals surface area contributed by atoms with Gasteiger partial charge < -0.3 is 5.11 Å². The molecule has 1 N–H and O–H groups in total. The minimum atomic E-state index is -0.427. The van der Waals surface area contributed by atoms with Crippen molar-refractivity contribution in [3.05, 3.63) is 41.5 Å². The number of aliphatic hydroxyl groups excluding tert-OH is 1. The van der Waals surface area contributed by atoms with E-state index in [9.17, 15) is 14.7 Å². The number of hydrogen-bond acceptors (Lipinski definition) is 3. The molecule has 3 nitrogen and oxygen atoms in total. The van der Waals surface area contributed by atoms with Crippen LogP contribution in [0.1, 0.15) is 19.4 Å². The first-order chi connectivity index (χ1) is 7.04. The van der Waals surface area contributed by atoms with Crippen LogP contribution in [0, 0.1) is 0 Å². The molecule has 0 unspecified atom stereocenters. The smallest absolute Gasteiger partial charge is 0.167 e. The average molecular weight is 268 g/mol. The predicted molar refractivity (Wildman–Crippen MR) is 57.4 cm³/mol. The zero-order chi connectivity index (χ0) is 11.4. The summed E-state index contributed by atoms with van der Waals surface area (Å²) in [5, 5.41) is 9.76. The zero-order valence-corrected chi connectivity index (χ0v) is 9.89. The van der Waals surface area contributed by atoms with E-state index in [2.05, 4.69) is 0 Å². The molecule has 16 heavy (non-hydrogen) atoms. The molecule has 4 heteroatoms. The first-order valence-electron chi connectivity index (χ1n) is 4.54. The molecule has 1 radical (unpaired) electrons. The number of rotatable bonds is 3. The SMILES string of the molecule is CC(=O)C(C(C)=O)=C(O)c1ccccc1.[Cu]. The molecule has 0 saturated carbocycles. The van der Waals surface area contributed by atoms with E-state index in [1.807, 2.05) is 0 Å². The van der Waals surface area contributed by atoms with Gasteiger partial charge in [0.25, 0.3) is 0 Å². The summed E-state index contributed by atoms with van der Waals surface area (Å²) in [4.78, 5) is 22.3. The van der Waals surface area contributed by atoms with Crippen molar-refractivity contribution in [2.45, 2.75) is 13.8 Å². The molecule has 0 aliphatic rings. The monoisotopic (exact) mass is 267 g/mol. The molecule has 1 aromatic rings. The van der Waals surface area contributed by atoms with Crippen LogP contribution in [0.5, 0.6) is 0 Å². The first-order valence-corrected chi connectivity index (χ1v) is 4.54. The molecule has 1 rings (SSSR count). The van der Waals surface area contributed by atoms with Gasteiger partial charge in [-0.3, -0.25) is 9.59 Å². The van der Waals surface area contributed by atoms with Gasteiger partial charge in [0.2, 0.25) is 0 Å². The fraction of sp³-hybridized carbons (Fsp3) is 0.167. The number of hydrogen-bond donors (Lipinski definition) is 1. The second kappa shape index (κ2) is 6.26. The van der Waals surface area contributed by atoms with E-state index in [1.165, 1.54) is 13.8 Å². The standard InChI is InChI=1S/C12H12O3.Cu/c1-8(13)11(9(2)14)12(15)10-6-4-3-5-7-10;/h3-7,15H,1-2H3;. The van der Waals surface area contributed by atoms with Crippen molar-refractivity contribution in [2.24, 2.45) is 0 Å². The Hall–Kier alpha value is -1.38. The minimum absolute atomic E-state index is 0. The normalized spacial score (nSPS) is 8.88. The summed E-state index contributed by atoms with van der Waals surface area (Å²) in [6.45, 7) is 2.52. The van der Waals surface area contributed by atoms with E-state index in [0.29, 0.717) is 5.56 Å². The topological polar surface area (TPSA) is 54.4 Å². The predicted octanol–water partition coefficient (Wildman–Crippen LogP) is 2.13. The second-order valence-corrected chi connectivity index (χ2v) is 3.20.